The Balaban J connectivity index is 1.49. The smallest absolute Gasteiger partial charge is 0.188 e. The van der Waals surface area contributed by atoms with Crippen LogP contribution in [0.15, 0.2) is 72.8 Å². The Morgan fingerprint density at radius 1 is 0.857 bits per heavy atom. The van der Waals surface area contributed by atoms with Gasteiger partial charge in [-0.2, -0.15) is 5.10 Å². The van der Waals surface area contributed by atoms with Crippen LogP contribution in [0, 0.1) is 0 Å². The number of ether oxygens (including phenoxy) is 3. The topological polar surface area (TPSA) is 56.4 Å². The molecule has 0 radical (unpaired) electrons. The summed E-state index contributed by atoms with van der Waals surface area (Å²) < 4.78 is 16.2. The molecule has 0 aliphatic carbocycles. The number of hydrogen-bond acceptors (Lipinski definition) is 4. The SMILES string of the molecule is COCOc1ccc(Oc2ccc3c(C=Cc4ccccc4)n[nH]c3c2)cc1. The fourth-order valence-electron chi connectivity index (χ4n) is 2.82. The molecule has 0 unspecified atom stereocenters. The van der Waals surface area contributed by atoms with E-state index in [0.29, 0.717) is 0 Å². The molecule has 0 fully saturated rings. The molecular weight excluding hydrogens is 352 g/mol. The molecule has 0 aliphatic heterocycles. The maximum Gasteiger partial charge on any atom is 0.188 e. The number of H-pyrrole nitrogens is 1. The maximum absolute atomic E-state index is 5.93. The van der Waals surface area contributed by atoms with Gasteiger partial charge in [0.25, 0.3) is 0 Å². The van der Waals surface area contributed by atoms with Gasteiger partial charge in [-0.05, 0) is 48.0 Å². The second-order valence-corrected chi connectivity index (χ2v) is 6.18. The number of fused-ring (bicyclic) bond motifs is 1. The molecule has 5 heteroatoms. The average molecular weight is 372 g/mol. The molecule has 4 rings (SSSR count). The number of benzene rings is 3. The summed E-state index contributed by atoms with van der Waals surface area (Å²) in [5.41, 5.74) is 2.95. The van der Waals surface area contributed by atoms with Crippen molar-refractivity contribution in [2.75, 3.05) is 13.9 Å². The van der Waals surface area contributed by atoms with Crippen LogP contribution in [0.3, 0.4) is 0 Å². The van der Waals surface area contributed by atoms with E-state index in [0.717, 1.165) is 39.4 Å². The summed E-state index contributed by atoms with van der Waals surface area (Å²) in [7, 11) is 1.59. The van der Waals surface area contributed by atoms with Gasteiger partial charge >= 0.3 is 0 Å². The van der Waals surface area contributed by atoms with Gasteiger partial charge in [0.15, 0.2) is 6.79 Å². The first-order chi connectivity index (χ1) is 13.8. The zero-order chi connectivity index (χ0) is 19.2. The van der Waals surface area contributed by atoms with E-state index >= 15 is 0 Å². The molecule has 0 aliphatic rings. The van der Waals surface area contributed by atoms with Crippen LogP contribution >= 0.6 is 0 Å². The number of aromatic nitrogens is 2. The molecule has 5 nitrogen and oxygen atoms in total. The van der Waals surface area contributed by atoms with E-state index in [4.69, 9.17) is 14.2 Å². The Morgan fingerprint density at radius 2 is 1.61 bits per heavy atom. The molecule has 0 spiro atoms. The van der Waals surface area contributed by atoms with E-state index in [1.807, 2.05) is 72.8 Å². The van der Waals surface area contributed by atoms with Gasteiger partial charge in [-0.15, -0.1) is 0 Å². The molecule has 1 heterocycles. The highest BCUT2D eigenvalue weighted by molar-refractivity contribution is 5.90. The quantitative estimate of drug-likeness (QED) is 0.435. The fourth-order valence-corrected chi connectivity index (χ4v) is 2.82. The van der Waals surface area contributed by atoms with Gasteiger partial charge in [0.05, 0.1) is 11.2 Å². The van der Waals surface area contributed by atoms with E-state index in [1.54, 1.807) is 7.11 Å². The normalized spacial score (nSPS) is 11.2. The third-order valence-corrected chi connectivity index (χ3v) is 4.20. The van der Waals surface area contributed by atoms with Crippen LogP contribution in [0.1, 0.15) is 11.3 Å². The summed E-state index contributed by atoms with van der Waals surface area (Å²) >= 11 is 0. The van der Waals surface area contributed by atoms with E-state index in [1.165, 1.54) is 0 Å². The Kier molecular flexibility index (Phi) is 5.36. The first-order valence-corrected chi connectivity index (χ1v) is 8.93. The second kappa shape index (κ2) is 8.41. The Labute approximate surface area is 163 Å². The lowest BCUT2D eigenvalue weighted by Crippen LogP contribution is -1.98. The zero-order valence-electron chi connectivity index (χ0n) is 15.5. The van der Waals surface area contributed by atoms with Crippen molar-refractivity contribution in [3.05, 3.63) is 84.1 Å². The third kappa shape index (κ3) is 4.22. The van der Waals surface area contributed by atoms with Crippen molar-refractivity contribution < 1.29 is 14.2 Å². The van der Waals surface area contributed by atoms with Crippen molar-refractivity contribution in [1.29, 1.82) is 0 Å². The summed E-state index contributed by atoms with van der Waals surface area (Å²) in [5.74, 6) is 2.20. The highest BCUT2D eigenvalue weighted by Crippen LogP contribution is 2.28. The molecule has 0 saturated carbocycles. The molecule has 28 heavy (non-hydrogen) atoms. The minimum Gasteiger partial charge on any atom is -0.468 e. The summed E-state index contributed by atoms with van der Waals surface area (Å²) in [6.45, 7) is 0.220. The highest BCUT2D eigenvalue weighted by Gasteiger charge is 2.06. The Bertz CT molecular complexity index is 1070. The number of nitrogens with one attached hydrogen (secondary N) is 1. The van der Waals surface area contributed by atoms with Gasteiger partial charge in [0.1, 0.15) is 17.2 Å². The third-order valence-electron chi connectivity index (χ3n) is 4.20. The molecule has 0 saturated heterocycles. The van der Waals surface area contributed by atoms with Crippen LogP contribution in [0.5, 0.6) is 17.2 Å². The standard InChI is InChI=1S/C23H20N2O3/c1-26-16-27-18-8-10-19(11-9-18)28-20-12-13-21-22(24-25-23(21)15-20)14-7-17-5-3-2-4-6-17/h2-15H,16H2,1H3,(H,24,25). The number of aromatic amines is 1. The predicted molar refractivity (Wildman–Crippen MR) is 110 cm³/mol. The van der Waals surface area contributed by atoms with Crippen LogP contribution in [0.25, 0.3) is 23.1 Å². The van der Waals surface area contributed by atoms with Crippen molar-refractivity contribution in [3.63, 3.8) is 0 Å². The zero-order valence-corrected chi connectivity index (χ0v) is 15.5. The van der Waals surface area contributed by atoms with E-state index in [-0.39, 0.29) is 6.79 Å². The molecule has 1 N–H and O–H groups in total. The first kappa shape index (κ1) is 17.8. The molecule has 4 aromatic rings. The molecule has 0 bridgehead atoms. The monoisotopic (exact) mass is 372 g/mol. The molecule has 1 aromatic heterocycles. The maximum atomic E-state index is 5.93. The molecule has 0 atom stereocenters. The molecule has 140 valence electrons. The summed E-state index contributed by atoms with van der Waals surface area (Å²) in [6, 6.07) is 23.4. The largest absolute Gasteiger partial charge is 0.468 e. The minimum absolute atomic E-state index is 0.220. The van der Waals surface area contributed by atoms with Crippen molar-refractivity contribution in [2.24, 2.45) is 0 Å². The molecule has 0 amide bonds. The number of methoxy groups -OCH3 is 1. The lowest BCUT2D eigenvalue weighted by Gasteiger charge is -2.08. The number of nitrogens with zero attached hydrogens (tertiary/aromatic N) is 1. The fraction of sp³-hybridized carbons (Fsp3) is 0.0870. The second-order valence-electron chi connectivity index (χ2n) is 6.18. The van der Waals surface area contributed by atoms with Crippen LogP contribution in [-0.2, 0) is 4.74 Å². The first-order valence-electron chi connectivity index (χ1n) is 8.93. The lowest BCUT2D eigenvalue weighted by molar-refractivity contribution is 0.0511. The van der Waals surface area contributed by atoms with Crippen molar-refractivity contribution in [3.8, 4) is 17.2 Å². The lowest BCUT2D eigenvalue weighted by atomic mass is 10.1. The minimum atomic E-state index is 0.220. The van der Waals surface area contributed by atoms with Gasteiger partial charge in [-0.3, -0.25) is 5.10 Å². The van der Waals surface area contributed by atoms with E-state index < -0.39 is 0 Å². The van der Waals surface area contributed by atoms with Crippen molar-refractivity contribution in [1.82, 2.24) is 10.2 Å². The Morgan fingerprint density at radius 3 is 2.39 bits per heavy atom. The van der Waals surface area contributed by atoms with Gasteiger partial charge in [-0.1, -0.05) is 36.4 Å². The van der Waals surface area contributed by atoms with Gasteiger partial charge < -0.3 is 14.2 Å². The molecular formula is C23H20N2O3. The number of hydrogen-bond donors (Lipinski definition) is 1. The van der Waals surface area contributed by atoms with Crippen LogP contribution < -0.4 is 9.47 Å². The summed E-state index contributed by atoms with van der Waals surface area (Å²) in [5, 5.41) is 8.51. The molecule has 3 aromatic carbocycles. The van der Waals surface area contributed by atoms with Crippen molar-refractivity contribution >= 4 is 23.1 Å². The average Bonchev–Trinajstić information content (AvgIpc) is 3.15. The highest BCUT2D eigenvalue weighted by atomic mass is 16.7. The van der Waals surface area contributed by atoms with E-state index in [9.17, 15) is 0 Å². The van der Waals surface area contributed by atoms with Crippen LogP contribution in [-0.4, -0.2) is 24.1 Å². The summed E-state index contributed by atoms with van der Waals surface area (Å²) in [4.78, 5) is 0. The number of rotatable bonds is 7. The van der Waals surface area contributed by atoms with Crippen molar-refractivity contribution in [2.45, 2.75) is 0 Å². The predicted octanol–water partition coefficient (Wildman–Crippen LogP) is 5.51. The Hall–Kier alpha value is -3.57. The van der Waals surface area contributed by atoms with Gasteiger partial charge in [0, 0.05) is 18.6 Å². The van der Waals surface area contributed by atoms with Crippen LogP contribution in [0.2, 0.25) is 0 Å². The summed E-state index contributed by atoms with van der Waals surface area (Å²) in [6.07, 6.45) is 4.06. The van der Waals surface area contributed by atoms with Gasteiger partial charge in [-0.25, -0.2) is 0 Å². The van der Waals surface area contributed by atoms with E-state index in [2.05, 4.69) is 22.3 Å². The van der Waals surface area contributed by atoms with Crippen LogP contribution in [0.4, 0.5) is 0 Å². The van der Waals surface area contributed by atoms with Gasteiger partial charge in [0.2, 0.25) is 0 Å².